The number of para-hydroxylation sites is 1. The predicted octanol–water partition coefficient (Wildman–Crippen LogP) is 3.88. The Bertz CT molecular complexity index is 398. The molecule has 2 atom stereocenters. The summed E-state index contributed by atoms with van der Waals surface area (Å²) in [4.78, 5) is 0. The second kappa shape index (κ2) is 10.0. The molecule has 1 rings (SSSR count). The maximum absolute atomic E-state index is 9.93. The minimum Gasteiger partial charge on any atom is -0.489 e. The summed E-state index contributed by atoms with van der Waals surface area (Å²) < 4.78 is 5.52. The lowest BCUT2D eigenvalue weighted by atomic mass is 10.0. The highest BCUT2D eigenvalue weighted by Crippen LogP contribution is 2.23. The van der Waals surface area contributed by atoms with Crippen LogP contribution < -0.4 is 10.1 Å². The van der Waals surface area contributed by atoms with Crippen molar-refractivity contribution >= 4 is 11.6 Å². The van der Waals surface area contributed by atoms with Gasteiger partial charge in [0, 0.05) is 12.6 Å². The van der Waals surface area contributed by atoms with Gasteiger partial charge in [0.05, 0.1) is 5.02 Å². The van der Waals surface area contributed by atoms with E-state index < -0.39 is 6.10 Å². The van der Waals surface area contributed by atoms with Crippen molar-refractivity contribution in [1.29, 1.82) is 0 Å². The quantitative estimate of drug-likeness (QED) is 0.688. The van der Waals surface area contributed by atoms with Gasteiger partial charge in [-0.2, -0.15) is 0 Å². The van der Waals surface area contributed by atoms with Gasteiger partial charge in [-0.05, 0) is 31.4 Å². The van der Waals surface area contributed by atoms with Gasteiger partial charge in [-0.15, -0.1) is 0 Å². The van der Waals surface area contributed by atoms with E-state index in [0.29, 0.717) is 23.4 Å². The average Bonchev–Trinajstić information content (AvgIpc) is 2.44. The molecule has 21 heavy (non-hydrogen) atoms. The van der Waals surface area contributed by atoms with Crippen LogP contribution in [0, 0.1) is 5.92 Å². The topological polar surface area (TPSA) is 41.5 Å². The fraction of sp³-hybridized carbons (Fsp3) is 0.647. The van der Waals surface area contributed by atoms with Crippen LogP contribution in [-0.2, 0) is 0 Å². The first-order valence-corrected chi connectivity index (χ1v) is 8.15. The maximum Gasteiger partial charge on any atom is 0.138 e. The molecule has 0 saturated carbocycles. The smallest absolute Gasteiger partial charge is 0.138 e. The summed E-state index contributed by atoms with van der Waals surface area (Å²) >= 11 is 6.00. The third kappa shape index (κ3) is 8.30. The van der Waals surface area contributed by atoms with Crippen LogP contribution >= 0.6 is 11.6 Å². The van der Waals surface area contributed by atoms with Crippen molar-refractivity contribution in [3.05, 3.63) is 29.3 Å². The number of hydrogen-bond donors (Lipinski definition) is 2. The standard InChI is InChI=1S/C17H28ClNO2/c1-13(2)7-6-8-14(3)19-11-15(20)12-21-17-10-5-4-9-16(17)18/h4-5,9-10,13-15,19-20H,6-8,11-12H2,1-3H3. The third-order valence-electron chi connectivity index (χ3n) is 3.39. The van der Waals surface area contributed by atoms with Crippen molar-refractivity contribution in [2.45, 2.75) is 52.2 Å². The van der Waals surface area contributed by atoms with Crippen molar-refractivity contribution in [1.82, 2.24) is 5.32 Å². The monoisotopic (exact) mass is 313 g/mol. The van der Waals surface area contributed by atoms with Gasteiger partial charge in [0.1, 0.15) is 18.5 Å². The molecule has 3 nitrogen and oxygen atoms in total. The van der Waals surface area contributed by atoms with Gasteiger partial charge in [0.25, 0.3) is 0 Å². The molecule has 0 fully saturated rings. The van der Waals surface area contributed by atoms with Crippen LogP contribution in [-0.4, -0.2) is 30.4 Å². The number of aliphatic hydroxyl groups excluding tert-OH is 1. The highest BCUT2D eigenvalue weighted by Gasteiger charge is 2.09. The summed E-state index contributed by atoms with van der Waals surface area (Å²) in [5.74, 6) is 1.37. The molecule has 0 amide bonds. The molecule has 0 aromatic heterocycles. The van der Waals surface area contributed by atoms with E-state index in [1.54, 1.807) is 12.1 Å². The van der Waals surface area contributed by atoms with E-state index >= 15 is 0 Å². The molecule has 0 spiro atoms. The fourth-order valence-corrected chi connectivity index (χ4v) is 2.27. The zero-order chi connectivity index (χ0) is 15.7. The lowest BCUT2D eigenvalue weighted by Crippen LogP contribution is -2.36. The second-order valence-corrected chi connectivity index (χ2v) is 6.44. The highest BCUT2D eigenvalue weighted by atomic mass is 35.5. The number of hydrogen-bond acceptors (Lipinski definition) is 3. The van der Waals surface area contributed by atoms with Crippen LogP contribution in [0.1, 0.15) is 40.0 Å². The number of ether oxygens (including phenoxy) is 1. The molecule has 1 aromatic carbocycles. The molecule has 2 N–H and O–H groups in total. The minimum atomic E-state index is -0.533. The maximum atomic E-state index is 9.93. The van der Waals surface area contributed by atoms with E-state index in [2.05, 4.69) is 26.1 Å². The summed E-state index contributed by atoms with van der Waals surface area (Å²) in [6, 6.07) is 7.71. The van der Waals surface area contributed by atoms with E-state index in [9.17, 15) is 5.11 Å². The first-order valence-electron chi connectivity index (χ1n) is 7.77. The third-order valence-corrected chi connectivity index (χ3v) is 3.70. The molecule has 0 aliphatic heterocycles. The van der Waals surface area contributed by atoms with Gasteiger partial charge in [0.2, 0.25) is 0 Å². The molecule has 2 unspecified atom stereocenters. The van der Waals surface area contributed by atoms with E-state index in [0.717, 1.165) is 12.3 Å². The molecule has 0 bridgehead atoms. The lowest BCUT2D eigenvalue weighted by molar-refractivity contribution is 0.104. The summed E-state index contributed by atoms with van der Waals surface area (Å²) in [5, 5.41) is 13.8. The first-order chi connectivity index (χ1) is 9.99. The van der Waals surface area contributed by atoms with Crippen molar-refractivity contribution in [3.8, 4) is 5.75 Å². The number of benzene rings is 1. The van der Waals surface area contributed by atoms with Crippen LogP contribution in [0.5, 0.6) is 5.75 Å². The molecule has 0 saturated heterocycles. The summed E-state index contributed by atoms with van der Waals surface area (Å²) in [6.07, 6.45) is 3.08. The molecule has 0 aliphatic carbocycles. The Morgan fingerprint density at radius 2 is 1.90 bits per heavy atom. The predicted molar refractivity (Wildman–Crippen MR) is 89.1 cm³/mol. The fourth-order valence-electron chi connectivity index (χ4n) is 2.08. The Hall–Kier alpha value is -0.770. The van der Waals surface area contributed by atoms with Crippen LogP contribution in [0.4, 0.5) is 0 Å². The van der Waals surface area contributed by atoms with Gasteiger partial charge in [-0.1, -0.05) is 50.4 Å². The lowest BCUT2D eigenvalue weighted by Gasteiger charge is -2.18. The Kier molecular flexibility index (Phi) is 8.74. The Labute approximate surface area is 133 Å². The molecule has 1 aromatic rings. The largest absolute Gasteiger partial charge is 0.489 e. The van der Waals surface area contributed by atoms with Crippen molar-refractivity contribution in [2.24, 2.45) is 5.92 Å². The van der Waals surface area contributed by atoms with Crippen molar-refractivity contribution in [3.63, 3.8) is 0 Å². The van der Waals surface area contributed by atoms with E-state index in [1.165, 1.54) is 12.8 Å². The van der Waals surface area contributed by atoms with Gasteiger partial charge in [-0.25, -0.2) is 0 Å². The van der Waals surface area contributed by atoms with Crippen molar-refractivity contribution in [2.75, 3.05) is 13.2 Å². The number of nitrogens with one attached hydrogen (secondary N) is 1. The van der Waals surface area contributed by atoms with Gasteiger partial charge >= 0.3 is 0 Å². The molecule has 0 radical (unpaired) electrons. The van der Waals surface area contributed by atoms with Gasteiger partial charge in [-0.3, -0.25) is 0 Å². The normalized spacial score (nSPS) is 14.2. The first kappa shape index (κ1) is 18.3. The molecular weight excluding hydrogens is 286 g/mol. The number of rotatable bonds is 10. The number of aliphatic hydroxyl groups is 1. The zero-order valence-electron chi connectivity index (χ0n) is 13.3. The Balaban J connectivity index is 2.16. The van der Waals surface area contributed by atoms with E-state index in [1.807, 2.05) is 12.1 Å². The molecule has 4 heteroatoms. The van der Waals surface area contributed by atoms with Crippen LogP contribution in [0.3, 0.4) is 0 Å². The van der Waals surface area contributed by atoms with Crippen LogP contribution in [0.15, 0.2) is 24.3 Å². The molecule has 0 heterocycles. The summed E-state index contributed by atoms with van der Waals surface area (Å²) in [6.45, 7) is 7.42. The molecule has 0 aliphatic rings. The average molecular weight is 314 g/mol. The molecule has 120 valence electrons. The van der Waals surface area contributed by atoms with E-state index in [4.69, 9.17) is 16.3 Å². The summed E-state index contributed by atoms with van der Waals surface area (Å²) in [7, 11) is 0. The van der Waals surface area contributed by atoms with Crippen LogP contribution in [0.25, 0.3) is 0 Å². The van der Waals surface area contributed by atoms with Crippen molar-refractivity contribution < 1.29 is 9.84 Å². The van der Waals surface area contributed by atoms with Gasteiger partial charge in [0.15, 0.2) is 0 Å². The Morgan fingerprint density at radius 1 is 1.19 bits per heavy atom. The minimum absolute atomic E-state index is 0.245. The Morgan fingerprint density at radius 3 is 2.57 bits per heavy atom. The second-order valence-electron chi connectivity index (χ2n) is 6.03. The van der Waals surface area contributed by atoms with Gasteiger partial charge < -0.3 is 15.2 Å². The molecular formula is C17H28ClNO2. The SMILES string of the molecule is CC(C)CCCC(C)NCC(O)COc1ccccc1Cl. The van der Waals surface area contributed by atoms with E-state index in [-0.39, 0.29) is 6.61 Å². The number of halogens is 1. The zero-order valence-corrected chi connectivity index (χ0v) is 14.1. The highest BCUT2D eigenvalue weighted by molar-refractivity contribution is 6.32. The summed E-state index contributed by atoms with van der Waals surface area (Å²) in [5.41, 5.74) is 0. The van der Waals surface area contributed by atoms with Crippen LogP contribution in [0.2, 0.25) is 5.02 Å².